The minimum Gasteiger partial charge on any atom is -0.484 e. The number of carbonyl (C=O) groups is 1. The number of nitrogens with zero attached hydrogens (tertiary/aromatic N) is 2. The van der Waals surface area contributed by atoms with Crippen molar-refractivity contribution in [2.45, 2.75) is 37.3 Å². The van der Waals surface area contributed by atoms with Crippen molar-refractivity contribution in [2.75, 3.05) is 5.32 Å². The predicted octanol–water partition coefficient (Wildman–Crippen LogP) is 4.13. The highest BCUT2D eigenvalue weighted by atomic mass is 32.2. The number of fused-ring (bicyclic) bond motifs is 1. The first-order valence-electron chi connectivity index (χ1n) is 8.72. The van der Waals surface area contributed by atoms with E-state index >= 15 is 0 Å². The Morgan fingerprint density at radius 3 is 3.00 bits per heavy atom. The molecule has 27 heavy (non-hydrogen) atoms. The smallest absolute Gasteiger partial charge is 0.277 e. The molecule has 2 heterocycles. The second-order valence-electron chi connectivity index (χ2n) is 6.40. The molecule has 1 aliphatic heterocycles. The predicted molar refractivity (Wildman–Crippen MR) is 103 cm³/mol. The van der Waals surface area contributed by atoms with Crippen LogP contribution in [0.3, 0.4) is 0 Å². The van der Waals surface area contributed by atoms with Crippen molar-refractivity contribution >= 4 is 23.4 Å². The molecule has 4 rings (SSSR count). The molecule has 0 aliphatic carbocycles. The van der Waals surface area contributed by atoms with Crippen LogP contribution in [0.1, 0.15) is 29.0 Å². The largest absolute Gasteiger partial charge is 0.484 e. The van der Waals surface area contributed by atoms with Crippen LogP contribution < -0.4 is 10.1 Å². The van der Waals surface area contributed by atoms with Crippen LogP contribution in [0.15, 0.2) is 52.1 Å². The monoisotopic (exact) mass is 381 g/mol. The topological polar surface area (TPSA) is 77.2 Å². The third-order valence-electron chi connectivity index (χ3n) is 4.23. The lowest BCUT2D eigenvalue weighted by Gasteiger charge is -2.17. The van der Waals surface area contributed by atoms with E-state index in [9.17, 15) is 4.79 Å². The zero-order chi connectivity index (χ0) is 18.6. The number of aryl methyl sites for hydroxylation is 2. The van der Waals surface area contributed by atoms with Gasteiger partial charge in [-0.1, -0.05) is 41.6 Å². The summed E-state index contributed by atoms with van der Waals surface area (Å²) in [6.45, 7) is 2.29. The van der Waals surface area contributed by atoms with Crippen LogP contribution in [0.5, 0.6) is 5.75 Å². The van der Waals surface area contributed by atoms with Crippen molar-refractivity contribution in [1.29, 1.82) is 0 Å². The number of ether oxygens (including phenoxy) is 1. The van der Waals surface area contributed by atoms with Gasteiger partial charge in [-0.25, -0.2) is 0 Å². The summed E-state index contributed by atoms with van der Waals surface area (Å²) in [6.07, 6.45) is 1.22. The van der Waals surface area contributed by atoms with Crippen molar-refractivity contribution in [2.24, 2.45) is 0 Å². The summed E-state index contributed by atoms with van der Waals surface area (Å²) >= 11 is 1.51. The first kappa shape index (κ1) is 17.6. The van der Waals surface area contributed by atoms with E-state index in [1.165, 1.54) is 22.9 Å². The molecule has 0 unspecified atom stereocenters. The Morgan fingerprint density at radius 2 is 2.11 bits per heavy atom. The van der Waals surface area contributed by atoms with Crippen molar-refractivity contribution in [3.63, 3.8) is 0 Å². The molecule has 0 radical (unpaired) electrons. The first-order valence-corrected chi connectivity index (χ1v) is 9.70. The number of aromatic nitrogens is 2. The summed E-state index contributed by atoms with van der Waals surface area (Å²) in [7, 11) is 0. The minimum absolute atomic E-state index is 0.0534. The standard InChI is InChI=1S/C20H19N3O3S/c1-13-3-2-4-14(9-13)12-27-20-23-22-19(26-20)11-25-16-6-7-17-15(10-16)5-8-18(24)21-17/h2-4,6-7,9-10H,5,8,11-12H2,1H3,(H,21,24). The molecule has 1 aromatic heterocycles. The molecule has 2 aromatic carbocycles. The number of rotatable bonds is 6. The van der Waals surface area contributed by atoms with E-state index in [2.05, 4.69) is 40.6 Å². The number of anilines is 1. The van der Waals surface area contributed by atoms with Crippen LogP contribution in [0.4, 0.5) is 5.69 Å². The van der Waals surface area contributed by atoms with Gasteiger partial charge in [0.2, 0.25) is 5.91 Å². The van der Waals surface area contributed by atoms with Gasteiger partial charge in [-0.3, -0.25) is 4.79 Å². The number of hydrogen-bond acceptors (Lipinski definition) is 6. The number of thioether (sulfide) groups is 1. The fourth-order valence-electron chi connectivity index (χ4n) is 2.90. The summed E-state index contributed by atoms with van der Waals surface area (Å²) in [5, 5.41) is 11.5. The van der Waals surface area contributed by atoms with E-state index in [-0.39, 0.29) is 12.5 Å². The second kappa shape index (κ2) is 7.84. The van der Waals surface area contributed by atoms with Gasteiger partial charge in [0.15, 0.2) is 6.61 Å². The molecule has 7 heteroatoms. The van der Waals surface area contributed by atoms with Crippen molar-refractivity contribution in [3.05, 3.63) is 65.0 Å². The maximum Gasteiger partial charge on any atom is 0.277 e. The lowest BCUT2D eigenvalue weighted by molar-refractivity contribution is -0.116. The molecule has 3 aromatic rings. The van der Waals surface area contributed by atoms with Gasteiger partial charge in [0.05, 0.1) is 0 Å². The minimum atomic E-state index is 0.0534. The Morgan fingerprint density at radius 1 is 1.19 bits per heavy atom. The molecule has 0 saturated heterocycles. The Bertz CT molecular complexity index is 971. The summed E-state index contributed by atoms with van der Waals surface area (Å²) in [5.74, 6) is 1.99. The molecule has 0 fully saturated rings. The van der Waals surface area contributed by atoms with E-state index < -0.39 is 0 Å². The van der Waals surface area contributed by atoms with Gasteiger partial charge in [0.25, 0.3) is 11.1 Å². The fraction of sp³-hybridized carbons (Fsp3) is 0.250. The van der Waals surface area contributed by atoms with Gasteiger partial charge >= 0.3 is 0 Å². The Balaban J connectivity index is 1.32. The van der Waals surface area contributed by atoms with Gasteiger partial charge in [-0.15, -0.1) is 10.2 Å². The Labute approximate surface area is 161 Å². The quantitative estimate of drug-likeness (QED) is 0.647. The molecule has 1 N–H and O–H groups in total. The van der Waals surface area contributed by atoms with E-state index in [4.69, 9.17) is 9.15 Å². The van der Waals surface area contributed by atoms with E-state index in [0.717, 1.165) is 29.2 Å². The van der Waals surface area contributed by atoms with E-state index in [1.807, 2.05) is 24.3 Å². The summed E-state index contributed by atoms with van der Waals surface area (Å²) in [4.78, 5) is 11.4. The normalized spacial score (nSPS) is 13.1. The second-order valence-corrected chi connectivity index (χ2v) is 7.32. The number of benzene rings is 2. The summed E-state index contributed by atoms with van der Waals surface area (Å²) < 4.78 is 11.4. The molecule has 138 valence electrons. The molecular weight excluding hydrogens is 362 g/mol. The molecule has 0 bridgehead atoms. The van der Waals surface area contributed by atoms with Gasteiger partial charge in [-0.05, 0) is 42.7 Å². The van der Waals surface area contributed by atoms with Gasteiger partial charge in [-0.2, -0.15) is 0 Å². The zero-order valence-electron chi connectivity index (χ0n) is 14.9. The third-order valence-corrected chi connectivity index (χ3v) is 5.12. The number of amides is 1. The van der Waals surface area contributed by atoms with Crippen LogP contribution in [-0.2, 0) is 23.6 Å². The maximum atomic E-state index is 11.4. The summed E-state index contributed by atoms with van der Waals surface area (Å²) in [6, 6.07) is 14.0. The maximum absolute atomic E-state index is 11.4. The van der Waals surface area contributed by atoms with Crippen LogP contribution in [0.25, 0.3) is 0 Å². The molecule has 1 amide bonds. The highest BCUT2D eigenvalue weighted by Crippen LogP contribution is 2.27. The molecule has 0 saturated carbocycles. The average molecular weight is 381 g/mol. The third kappa shape index (κ3) is 4.49. The summed E-state index contributed by atoms with van der Waals surface area (Å²) in [5.41, 5.74) is 4.38. The molecule has 6 nitrogen and oxygen atoms in total. The molecular formula is C20H19N3O3S. The first-order chi connectivity index (χ1) is 13.2. The Hall–Kier alpha value is -2.80. The van der Waals surface area contributed by atoms with Crippen molar-refractivity contribution < 1.29 is 13.9 Å². The lowest BCUT2D eigenvalue weighted by Crippen LogP contribution is -2.18. The van der Waals surface area contributed by atoms with Crippen molar-refractivity contribution in [1.82, 2.24) is 10.2 Å². The molecule has 0 atom stereocenters. The zero-order valence-corrected chi connectivity index (χ0v) is 15.7. The Kier molecular flexibility index (Phi) is 5.11. The highest BCUT2D eigenvalue weighted by Gasteiger charge is 2.15. The van der Waals surface area contributed by atoms with Gasteiger partial charge in [0, 0.05) is 17.9 Å². The van der Waals surface area contributed by atoms with Crippen LogP contribution in [0.2, 0.25) is 0 Å². The lowest BCUT2D eigenvalue weighted by atomic mass is 10.0. The fourth-order valence-corrected chi connectivity index (χ4v) is 3.62. The highest BCUT2D eigenvalue weighted by molar-refractivity contribution is 7.98. The number of hydrogen-bond donors (Lipinski definition) is 1. The van der Waals surface area contributed by atoms with Crippen LogP contribution in [0, 0.1) is 6.92 Å². The molecule has 1 aliphatic rings. The van der Waals surface area contributed by atoms with E-state index in [0.29, 0.717) is 17.5 Å². The SMILES string of the molecule is Cc1cccc(CSc2nnc(COc3ccc4c(c3)CCC(=O)N4)o2)c1. The van der Waals surface area contributed by atoms with E-state index in [1.54, 1.807) is 0 Å². The average Bonchev–Trinajstić information content (AvgIpc) is 3.13. The molecule has 0 spiro atoms. The number of carbonyl (C=O) groups excluding carboxylic acids is 1. The van der Waals surface area contributed by atoms with Gasteiger partial charge < -0.3 is 14.5 Å². The van der Waals surface area contributed by atoms with Crippen LogP contribution in [-0.4, -0.2) is 16.1 Å². The van der Waals surface area contributed by atoms with Gasteiger partial charge in [0.1, 0.15) is 5.75 Å². The van der Waals surface area contributed by atoms with Crippen molar-refractivity contribution in [3.8, 4) is 5.75 Å². The number of nitrogens with one attached hydrogen (secondary N) is 1. The van der Waals surface area contributed by atoms with Crippen LogP contribution >= 0.6 is 11.8 Å².